The summed E-state index contributed by atoms with van der Waals surface area (Å²) in [6, 6.07) is 7.77. The van der Waals surface area contributed by atoms with Crippen molar-refractivity contribution in [3.8, 4) is 5.75 Å². The van der Waals surface area contributed by atoms with Crippen LogP contribution in [0.3, 0.4) is 0 Å². The lowest BCUT2D eigenvalue weighted by Gasteiger charge is -2.40. The van der Waals surface area contributed by atoms with Gasteiger partial charge in [0.05, 0.1) is 19.2 Å². The molecule has 0 spiro atoms. The van der Waals surface area contributed by atoms with Gasteiger partial charge < -0.3 is 14.7 Å². The Morgan fingerprint density at radius 3 is 2.09 bits per heavy atom. The van der Waals surface area contributed by atoms with Gasteiger partial charge in [-0.1, -0.05) is 12.8 Å². The summed E-state index contributed by atoms with van der Waals surface area (Å²) in [7, 11) is 2.40. The van der Waals surface area contributed by atoms with Crippen molar-refractivity contribution < 1.29 is 14.7 Å². The van der Waals surface area contributed by atoms with Crippen molar-refractivity contribution in [1.29, 1.82) is 0 Å². The van der Waals surface area contributed by atoms with E-state index < -0.39 is 13.6 Å². The Kier molecular flexibility index (Phi) is 4.45. The van der Waals surface area contributed by atoms with Crippen molar-refractivity contribution in [2.75, 3.05) is 21.2 Å². The molecule has 1 aromatic carbocycles. The molecule has 0 aromatic heterocycles. The van der Waals surface area contributed by atoms with Crippen LogP contribution in [0.15, 0.2) is 24.3 Å². The molecule has 1 saturated carbocycles. The zero-order chi connectivity index (χ0) is 15.9. The topological polar surface area (TPSA) is 59.0 Å². The number of rotatable bonds is 3. The normalized spacial score (nSPS) is 30.0. The van der Waals surface area contributed by atoms with E-state index in [0.29, 0.717) is 5.56 Å². The van der Waals surface area contributed by atoms with E-state index in [4.69, 9.17) is 4.74 Å². The Bertz CT molecular complexity index is 507. The average molecular weight is 324 g/mol. The standard InChI is InChI=1S/C16H25N2O3P/c1-17-14-6-4-5-7-15(14)18(2)22(17,20)16(19)12-8-10-13(21-3)11-9-12/h8-11,14-16,19H,4-7H2,1-3H3/t14-,15-,16?/m0/s1. The molecule has 22 heavy (non-hydrogen) atoms. The van der Waals surface area contributed by atoms with E-state index in [1.807, 2.05) is 23.4 Å². The second kappa shape index (κ2) is 6.06. The number of aliphatic hydroxyl groups excluding tert-OH is 1. The molecule has 122 valence electrons. The summed E-state index contributed by atoms with van der Waals surface area (Å²) >= 11 is 0. The lowest BCUT2D eigenvalue weighted by atomic mass is 9.91. The molecule has 1 aliphatic carbocycles. The second-order valence-corrected chi connectivity index (χ2v) is 9.23. The van der Waals surface area contributed by atoms with Crippen LogP contribution in [-0.2, 0) is 0 Å². The monoisotopic (exact) mass is 324 g/mol. The third-order valence-corrected chi connectivity index (χ3v) is 8.63. The fourth-order valence-electron chi connectivity index (χ4n) is 3.93. The largest absolute Gasteiger partial charge is 0.648 e. The minimum Gasteiger partial charge on any atom is -0.648 e. The summed E-state index contributed by atoms with van der Waals surface area (Å²) in [4.78, 5) is 13.7. The Morgan fingerprint density at radius 1 is 1.14 bits per heavy atom. The molecule has 5 nitrogen and oxygen atoms in total. The molecule has 1 aliphatic heterocycles. The summed E-state index contributed by atoms with van der Waals surface area (Å²) in [5.74, 6) is -0.255. The lowest BCUT2D eigenvalue weighted by Crippen LogP contribution is -2.37. The van der Waals surface area contributed by atoms with Gasteiger partial charge in [0.25, 0.3) is 0 Å². The van der Waals surface area contributed by atoms with Crippen LogP contribution >= 0.6 is 7.79 Å². The van der Waals surface area contributed by atoms with E-state index in [2.05, 4.69) is 0 Å². The molecule has 2 fully saturated rings. The molecular weight excluding hydrogens is 299 g/mol. The Labute approximate surface area is 133 Å². The third-order valence-electron chi connectivity index (χ3n) is 5.29. The number of benzene rings is 1. The Morgan fingerprint density at radius 2 is 1.64 bits per heavy atom. The van der Waals surface area contributed by atoms with Crippen molar-refractivity contribution in [3.63, 3.8) is 0 Å². The molecular formula is C16H25N2O3P. The Hall–Kier alpha value is -0.710. The van der Waals surface area contributed by atoms with Gasteiger partial charge in [0.1, 0.15) is 13.5 Å². The highest BCUT2D eigenvalue weighted by molar-refractivity contribution is 7.64. The average Bonchev–Trinajstić information content (AvgIpc) is 2.77. The minimum absolute atomic E-state index is 0.289. The maximum atomic E-state index is 13.7. The summed E-state index contributed by atoms with van der Waals surface area (Å²) < 4.78 is 9.05. The molecule has 3 atom stereocenters. The number of aliphatic hydroxyl groups is 1. The van der Waals surface area contributed by atoms with Gasteiger partial charge in [0, 0.05) is 19.7 Å². The highest BCUT2D eigenvalue weighted by Crippen LogP contribution is 2.72. The highest BCUT2D eigenvalue weighted by Gasteiger charge is 2.59. The van der Waals surface area contributed by atoms with Gasteiger partial charge in [-0.2, -0.15) is 9.34 Å². The van der Waals surface area contributed by atoms with Gasteiger partial charge in [-0.3, -0.25) is 0 Å². The summed E-state index contributed by atoms with van der Waals surface area (Å²) in [5.41, 5.74) is 0.682. The first-order valence-corrected chi connectivity index (χ1v) is 9.56. The maximum absolute atomic E-state index is 13.7. The number of likely N-dealkylation sites (N-methyl/N-ethyl adjacent to an activating group) is 2. The predicted octanol–water partition coefficient (Wildman–Crippen LogP) is 2.00. The molecule has 2 aliphatic rings. The molecule has 1 N–H and O–H groups in total. The van der Waals surface area contributed by atoms with Gasteiger partial charge in [-0.05, 0) is 37.1 Å². The molecule has 1 saturated heterocycles. The van der Waals surface area contributed by atoms with Crippen LogP contribution in [0.1, 0.15) is 37.1 Å². The van der Waals surface area contributed by atoms with Crippen LogP contribution in [0.5, 0.6) is 5.75 Å². The van der Waals surface area contributed by atoms with Crippen molar-refractivity contribution >= 4 is 7.79 Å². The zero-order valence-corrected chi connectivity index (χ0v) is 14.4. The molecule has 1 heterocycles. The van der Waals surface area contributed by atoms with Gasteiger partial charge >= 0.3 is 0 Å². The number of fused-ring (bicyclic) bond motifs is 1. The van der Waals surface area contributed by atoms with Gasteiger partial charge in [0.2, 0.25) is 5.85 Å². The van der Waals surface area contributed by atoms with Crippen LogP contribution < -0.4 is 9.63 Å². The molecule has 0 radical (unpaired) electrons. The van der Waals surface area contributed by atoms with Crippen molar-refractivity contribution in [2.24, 2.45) is 0 Å². The first kappa shape index (κ1) is 16.2. The van der Waals surface area contributed by atoms with Crippen LogP contribution in [0.25, 0.3) is 0 Å². The fourth-order valence-corrected chi connectivity index (χ4v) is 7.01. The number of methoxy groups -OCH3 is 1. The van der Waals surface area contributed by atoms with E-state index in [9.17, 15) is 10.00 Å². The smallest absolute Gasteiger partial charge is 0.217 e. The quantitative estimate of drug-likeness (QED) is 0.862. The Balaban J connectivity index is 1.90. The van der Waals surface area contributed by atoms with Gasteiger partial charge in [-0.25, -0.2) is 0 Å². The first-order valence-electron chi connectivity index (χ1n) is 7.88. The van der Waals surface area contributed by atoms with Crippen molar-refractivity contribution in [1.82, 2.24) is 9.34 Å². The molecule has 0 amide bonds. The lowest BCUT2D eigenvalue weighted by molar-refractivity contribution is -0.198. The molecule has 6 heteroatoms. The molecule has 1 unspecified atom stereocenters. The van der Waals surface area contributed by atoms with Crippen molar-refractivity contribution in [2.45, 2.75) is 43.6 Å². The maximum Gasteiger partial charge on any atom is 0.217 e. The minimum atomic E-state index is -3.01. The number of ether oxygens (including phenoxy) is 1. The highest BCUT2D eigenvalue weighted by atomic mass is 31.2. The third kappa shape index (κ3) is 2.36. The molecule has 1 aromatic rings. The summed E-state index contributed by atoms with van der Waals surface area (Å²) in [5, 5.41) is 10.8. The van der Waals surface area contributed by atoms with Gasteiger partial charge in [-0.15, -0.1) is 0 Å². The van der Waals surface area contributed by atoms with E-state index in [-0.39, 0.29) is 12.1 Å². The zero-order valence-electron chi connectivity index (χ0n) is 13.5. The SMILES string of the molecule is COc1ccc(C(O)[P+]2([O-])N(C)[C@H]3CCCC[C@@H]3N2C)cc1. The van der Waals surface area contributed by atoms with Crippen LogP contribution in [-0.4, -0.2) is 47.7 Å². The van der Waals surface area contributed by atoms with Crippen LogP contribution in [0, 0.1) is 0 Å². The van der Waals surface area contributed by atoms with E-state index >= 15 is 0 Å². The summed E-state index contributed by atoms with van der Waals surface area (Å²) in [6.45, 7) is 0. The van der Waals surface area contributed by atoms with Crippen molar-refractivity contribution in [3.05, 3.63) is 29.8 Å². The van der Waals surface area contributed by atoms with E-state index in [1.54, 1.807) is 31.4 Å². The van der Waals surface area contributed by atoms with E-state index in [0.717, 1.165) is 18.6 Å². The second-order valence-electron chi connectivity index (χ2n) is 6.30. The molecule has 0 bridgehead atoms. The fraction of sp³-hybridized carbons (Fsp3) is 0.625. The molecule has 3 rings (SSSR count). The number of hydrogen-bond acceptors (Lipinski definition) is 5. The van der Waals surface area contributed by atoms with E-state index in [1.165, 1.54) is 12.8 Å². The predicted molar refractivity (Wildman–Crippen MR) is 86.4 cm³/mol. The number of hydrogen-bond donors (Lipinski definition) is 1. The number of nitrogens with zero attached hydrogens (tertiary/aromatic N) is 2. The first-order chi connectivity index (χ1) is 10.5. The van der Waals surface area contributed by atoms with Crippen LogP contribution in [0.2, 0.25) is 0 Å². The van der Waals surface area contributed by atoms with Crippen LogP contribution in [0.4, 0.5) is 0 Å². The summed E-state index contributed by atoms with van der Waals surface area (Å²) in [6.07, 6.45) is 4.48. The van der Waals surface area contributed by atoms with Gasteiger partial charge in [0.15, 0.2) is 0 Å².